The standard InChI is InChI=1S/C22H28ClN5O4/c1-13-6-5-7-15(23)17(13)19(29)26-16-12-24-27-18(16)20(30)25-14-8-10-28(11-9-14)21(31)32-22(2,3)4/h5-7,12,14H,8-11H2,1-4H3,(H,24,27)(H,25,30)(H,26,29). The molecule has 0 aliphatic carbocycles. The highest BCUT2D eigenvalue weighted by Crippen LogP contribution is 2.22. The van der Waals surface area contributed by atoms with Crippen LogP contribution < -0.4 is 10.6 Å². The summed E-state index contributed by atoms with van der Waals surface area (Å²) in [6.07, 6.45) is 2.22. The fraction of sp³-hybridized carbons (Fsp3) is 0.455. The monoisotopic (exact) mass is 461 g/mol. The number of aromatic amines is 1. The van der Waals surface area contributed by atoms with E-state index in [-0.39, 0.29) is 29.4 Å². The third-order valence-electron chi connectivity index (χ3n) is 5.05. The lowest BCUT2D eigenvalue weighted by Crippen LogP contribution is -2.47. The first kappa shape index (κ1) is 23.6. The zero-order valence-electron chi connectivity index (χ0n) is 18.6. The van der Waals surface area contributed by atoms with Crippen molar-refractivity contribution >= 4 is 35.2 Å². The maximum absolute atomic E-state index is 12.8. The minimum atomic E-state index is -0.549. The number of hydrogen-bond donors (Lipinski definition) is 3. The Morgan fingerprint density at radius 2 is 1.88 bits per heavy atom. The third-order valence-corrected chi connectivity index (χ3v) is 5.36. The Kier molecular flexibility index (Phi) is 7.08. The van der Waals surface area contributed by atoms with Gasteiger partial charge in [-0.2, -0.15) is 5.10 Å². The number of aryl methyl sites for hydroxylation is 1. The number of carbonyl (C=O) groups excluding carboxylic acids is 3. The number of amides is 3. The first-order valence-electron chi connectivity index (χ1n) is 10.4. The molecule has 1 fully saturated rings. The van der Waals surface area contributed by atoms with Gasteiger partial charge in [-0.05, 0) is 52.2 Å². The molecule has 1 saturated heterocycles. The number of halogens is 1. The second kappa shape index (κ2) is 9.60. The number of nitrogens with one attached hydrogen (secondary N) is 3. The number of rotatable bonds is 4. The molecule has 2 heterocycles. The minimum absolute atomic E-state index is 0.112. The number of hydrogen-bond acceptors (Lipinski definition) is 5. The summed E-state index contributed by atoms with van der Waals surface area (Å²) in [5, 5.41) is 12.5. The van der Waals surface area contributed by atoms with Crippen LogP contribution >= 0.6 is 11.6 Å². The van der Waals surface area contributed by atoms with Crippen LogP contribution in [0.15, 0.2) is 24.4 Å². The van der Waals surface area contributed by atoms with Crippen molar-refractivity contribution in [3.8, 4) is 0 Å². The number of H-pyrrole nitrogens is 1. The van der Waals surface area contributed by atoms with Gasteiger partial charge in [0, 0.05) is 19.1 Å². The van der Waals surface area contributed by atoms with Crippen molar-refractivity contribution in [1.29, 1.82) is 0 Å². The van der Waals surface area contributed by atoms with Crippen molar-refractivity contribution < 1.29 is 19.1 Å². The molecule has 0 saturated carbocycles. The molecule has 1 aromatic heterocycles. The van der Waals surface area contributed by atoms with Crippen molar-refractivity contribution in [2.75, 3.05) is 18.4 Å². The molecule has 32 heavy (non-hydrogen) atoms. The number of aromatic nitrogens is 2. The van der Waals surface area contributed by atoms with Gasteiger partial charge in [0.25, 0.3) is 11.8 Å². The second-order valence-electron chi connectivity index (χ2n) is 8.76. The second-order valence-corrected chi connectivity index (χ2v) is 9.17. The van der Waals surface area contributed by atoms with Crippen LogP contribution in [-0.2, 0) is 4.74 Å². The van der Waals surface area contributed by atoms with Crippen LogP contribution in [0.25, 0.3) is 0 Å². The maximum atomic E-state index is 12.8. The molecule has 3 amide bonds. The first-order valence-corrected chi connectivity index (χ1v) is 10.8. The van der Waals surface area contributed by atoms with E-state index in [2.05, 4.69) is 20.8 Å². The van der Waals surface area contributed by atoms with Crippen molar-refractivity contribution in [1.82, 2.24) is 20.4 Å². The molecule has 3 N–H and O–H groups in total. The Hall–Kier alpha value is -3.07. The van der Waals surface area contributed by atoms with E-state index in [1.165, 1.54) is 6.20 Å². The number of ether oxygens (including phenoxy) is 1. The Labute approximate surface area is 191 Å². The van der Waals surface area contributed by atoms with Gasteiger partial charge in [-0.3, -0.25) is 14.7 Å². The molecule has 1 aliphatic rings. The highest BCUT2D eigenvalue weighted by Gasteiger charge is 2.28. The number of nitrogens with zero attached hydrogens (tertiary/aromatic N) is 2. The lowest BCUT2D eigenvalue weighted by molar-refractivity contribution is 0.0199. The SMILES string of the molecule is Cc1cccc(Cl)c1C(=O)Nc1cn[nH]c1C(=O)NC1CCN(C(=O)OC(C)(C)C)CC1. The number of benzene rings is 1. The molecule has 1 aromatic carbocycles. The summed E-state index contributed by atoms with van der Waals surface area (Å²) in [6, 6.07) is 5.07. The Bertz CT molecular complexity index is 986. The topological polar surface area (TPSA) is 116 Å². The molecule has 1 aliphatic heterocycles. The van der Waals surface area contributed by atoms with Gasteiger partial charge < -0.3 is 20.3 Å². The van der Waals surface area contributed by atoms with Crippen molar-refractivity contribution in [3.05, 3.63) is 46.2 Å². The van der Waals surface area contributed by atoms with Crippen LogP contribution in [0.5, 0.6) is 0 Å². The number of likely N-dealkylation sites (tertiary alicyclic amines) is 1. The normalized spacial score (nSPS) is 14.7. The molecular formula is C22H28ClN5O4. The van der Waals surface area contributed by atoms with Crippen LogP contribution in [0.4, 0.5) is 10.5 Å². The van der Waals surface area contributed by atoms with E-state index in [1.807, 2.05) is 20.8 Å². The average molecular weight is 462 g/mol. The van der Waals surface area contributed by atoms with Crippen LogP contribution in [0.2, 0.25) is 5.02 Å². The summed E-state index contributed by atoms with van der Waals surface area (Å²) in [5.74, 6) is -0.807. The summed E-state index contributed by atoms with van der Waals surface area (Å²) < 4.78 is 5.40. The summed E-state index contributed by atoms with van der Waals surface area (Å²) >= 11 is 6.16. The van der Waals surface area contributed by atoms with E-state index in [0.717, 1.165) is 5.56 Å². The number of anilines is 1. The van der Waals surface area contributed by atoms with Gasteiger partial charge in [0.05, 0.1) is 22.5 Å². The lowest BCUT2D eigenvalue weighted by Gasteiger charge is -2.33. The van der Waals surface area contributed by atoms with Crippen LogP contribution in [0.1, 0.15) is 60.0 Å². The molecule has 172 valence electrons. The smallest absolute Gasteiger partial charge is 0.410 e. The van der Waals surface area contributed by atoms with E-state index >= 15 is 0 Å². The van der Waals surface area contributed by atoms with Crippen LogP contribution in [0.3, 0.4) is 0 Å². The Morgan fingerprint density at radius 1 is 1.19 bits per heavy atom. The molecule has 0 bridgehead atoms. The molecular weight excluding hydrogens is 434 g/mol. The predicted octanol–water partition coefficient (Wildman–Crippen LogP) is 3.75. The average Bonchev–Trinajstić information content (AvgIpc) is 3.15. The molecule has 9 nitrogen and oxygen atoms in total. The summed E-state index contributed by atoms with van der Waals surface area (Å²) in [4.78, 5) is 39.3. The van der Waals surface area contributed by atoms with E-state index in [0.29, 0.717) is 36.5 Å². The van der Waals surface area contributed by atoms with Gasteiger partial charge in [-0.25, -0.2) is 4.79 Å². The fourth-order valence-electron chi connectivity index (χ4n) is 3.45. The van der Waals surface area contributed by atoms with Gasteiger partial charge in [0.2, 0.25) is 0 Å². The largest absolute Gasteiger partial charge is 0.444 e. The molecule has 0 unspecified atom stereocenters. The number of carbonyl (C=O) groups is 3. The van der Waals surface area contributed by atoms with Crippen LogP contribution in [-0.4, -0.2) is 57.7 Å². The summed E-state index contributed by atoms with van der Waals surface area (Å²) in [5.41, 5.74) is 0.930. The van der Waals surface area contributed by atoms with Gasteiger partial charge in [0.1, 0.15) is 11.3 Å². The quantitative estimate of drug-likeness (QED) is 0.641. The maximum Gasteiger partial charge on any atom is 0.410 e. The van der Waals surface area contributed by atoms with E-state index in [9.17, 15) is 14.4 Å². The van der Waals surface area contributed by atoms with E-state index in [1.54, 1.807) is 30.0 Å². The zero-order chi connectivity index (χ0) is 23.5. The molecule has 0 spiro atoms. The molecule has 3 rings (SSSR count). The zero-order valence-corrected chi connectivity index (χ0v) is 19.4. The van der Waals surface area contributed by atoms with Gasteiger partial charge >= 0.3 is 6.09 Å². The van der Waals surface area contributed by atoms with Crippen molar-refractivity contribution in [3.63, 3.8) is 0 Å². The van der Waals surface area contributed by atoms with Gasteiger partial charge in [-0.15, -0.1) is 0 Å². The van der Waals surface area contributed by atoms with Crippen molar-refractivity contribution in [2.45, 2.75) is 52.2 Å². The van der Waals surface area contributed by atoms with Gasteiger partial charge in [0.15, 0.2) is 0 Å². The first-order chi connectivity index (χ1) is 15.0. The highest BCUT2D eigenvalue weighted by molar-refractivity contribution is 6.34. The van der Waals surface area contributed by atoms with E-state index in [4.69, 9.17) is 16.3 Å². The fourth-order valence-corrected chi connectivity index (χ4v) is 3.76. The molecule has 0 atom stereocenters. The highest BCUT2D eigenvalue weighted by atomic mass is 35.5. The Balaban J connectivity index is 1.58. The summed E-state index contributed by atoms with van der Waals surface area (Å²) in [6.45, 7) is 8.23. The third kappa shape index (κ3) is 5.79. The van der Waals surface area contributed by atoms with Crippen molar-refractivity contribution in [2.24, 2.45) is 0 Å². The minimum Gasteiger partial charge on any atom is -0.444 e. The molecule has 0 radical (unpaired) electrons. The Morgan fingerprint density at radius 3 is 2.50 bits per heavy atom. The lowest BCUT2D eigenvalue weighted by atomic mass is 10.1. The molecule has 10 heteroatoms. The number of piperidine rings is 1. The summed E-state index contributed by atoms with van der Waals surface area (Å²) in [7, 11) is 0. The molecule has 2 aromatic rings. The van der Waals surface area contributed by atoms with E-state index < -0.39 is 11.5 Å². The van der Waals surface area contributed by atoms with Gasteiger partial charge in [-0.1, -0.05) is 23.7 Å². The van der Waals surface area contributed by atoms with Crippen LogP contribution in [0, 0.1) is 6.92 Å². The predicted molar refractivity (Wildman–Crippen MR) is 121 cm³/mol.